The highest BCUT2D eigenvalue weighted by atomic mass is 16.3. The zero-order chi connectivity index (χ0) is 39.3. The summed E-state index contributed by atoms with van der Waals surface area (Å²) in [6.07, 6.45) is 0. The fraction of sp³-hybridized carbons (Fsp3) is 0. The molecular weight excluding hydrogens is 725 g/mol. The van der Waals surface area contributed by atoms with Crippen molar-refractivity contribution in [1.82, 2.24) is 24.9 Å². The molecule has 59 heavy (non-hydrogen) atoms. The minimum absolute atomic E-state index is 0.499. The van der Waals surface area contributed by atoms with Crippen molar-refractivity contribution in [2.45, 2.75) is 0 Å². The lowest BCUT2D eigenvalue weighted by Crippen LogP contribution is -2.01. The van der Waals surface area contributed by atoms with Gasteiger partial charge in [0.15, 0.2) is 17.5 Å². The van der Waals surface area contributed by atoms with E-state index in [2.05, 4.69) is 54.6 Å². The van der Waals surface area contributed by atoms with Crippen LogP contribution in [0.15, 0.2) is 186 Å². The summed E-state index contributed by atoms with van der Waals surface area (Å²) in [4.78, 5) is 24.9. The summed E-state index contributed by atoms with van der Waals surface area (Å²) in [5.41, 5.74) is 10.1. The molecular formula is C52H30N6O. The first-order valence-corrected chi connectivity index (χ1v) is 19.3. The molecule has 7 heteroatoms. The van der Waals surface area contributed by atoms with E-state index >= 15 is 0 Å². The quantitative estimate of drug-likeness (QED) is 0.156. The van der Waals surface area contributed by atoms with Crippen LogP contribution in [0.1, 0.15) is 5.56 Å². The lowest BCUT2D eigenvalue weighted by molar-refractivity contribution is 0.673. The number of hydrogen-bond acceptors (Lipinski definition) is 7. The fourth-order valence-electron chi connectivity index (χ4n) is 7.89. The summed E-state index contributed by atoms with van der Waals surface area (Å²) >= 11 is 0. The van der Waals surface area contributed by atoms with Gasteiger partial charge in [-0.15, -0.1) is 0 Å². The summed E-state index contributed by atoms with van der Waals surface area (Å²) < 4.78 is 6.72. The summed E-state index contributed by atoms with van der Waals surface area (Å²) in [7, 11) is 0. The van der Waals surface area contributed by atoms with E-state index in [0.717, 1.165) is 88.4 Å². The number of hydrogen-bond donors (Lipinski definition) is 0. The SMILES string of the molecule is N#Cc1ccc(-c2cccc(-c3ccc4c5ccc(-c6cccc(-c7nc(-c8ccccc8)nc(-c8ccccc8)n7)n6)cc5c5oc6ccccc6c5c4c3)n2)cc1. The van der Waals surface area contributed by atoms with Gasteiger partial charge in [-0.3, -0.25) is 0 Å². The number of para-hydroxylation sites is 1. The highest BCUT2D eigenvalue weighted by molar-refractivity contribution is 6.30. The van der Waals surface area contributed by atoms with Crippen LogP contribution in [0.5, 0.6) is 0 Å². The summed E-state index contributed by atoms with van der Waals surface area (Å²) in [6.45, 7) is 0. The number of aromatic nitrogens is 5. The molecule has 0 bridgehead atoms. The molecule has 0 N–H and O–H groups in total. The topological polar surface area (TPSA) is 101 Å². The Morgan fingerprint density at radius 2 is 0.864 bits per heavy atom. The second-order valence-electron chi connectivity index (χ2n) is 14.4. The van der Waals surface area contributed by atoms with Gasteiger partial charge in [0, 0.05) is 44.0 Å². The van der Waals surface area contributed by atoms with Gasteiger partial charge in [0.1, 0.15) is 16.9 Å². The molecule has 7 nitrogen and oxygen atoms in total. The Bertz CT molecular complexity index is 3390. The first-order chi connectivity index (χ1) is 29.2. The van der Waals surface area contributed by atoms with Gasteiger partial charge in [0.25, 0.3) is 0 Å². The van der Waals surface area contributed by atoms with Crippen LogP contribution in [0.3, 0.4) is 0 Å². The van der Waals surface area contributed by atoms with E-state index in [1.165, 1.54) is 0 Å². The van der Waals surface area contributed by atoms with Crippen LogP contribution in [0, 0.1) is 11.3 Å². The normalized spacial score (nSPS) is 11.4. The minimum Gasteiger partial charge on any atom is -0.455 e. The van der Waals surface area contributed by atoms with Gasteiger partial charge in [-0.1, -0.05) is 127 Å². The first kappa shape index (κ1) is 34.0. The molecule has 274 valence electrons. The van der Waals surface area contributed by atoms with Crippen LogP contribution < -0.4 is 0 Å². The third kappa shape index (κ3) is 6.04. The Morgan fingerprint density at radius 3 is 1.51 bits per heavy atom. The molecule has 11 rings (SSSR count). The van der Waals surface area contributed by atoms with E-state index in [1.807, 2.05) is 133 Å². The van der Waals surface area contributed by atoms with Crippen molar-refractivity contribution in [3.63, 3.8) is 0 Å². The molecule has 0 aliphatic rings. The zero-order valence-corrected chi connectivity index (χ0v) is 31.4. The number of nitriles is 1. The standard InChI is InChI=1S/C52H30N6O/c53-31-32-21-23-33(24-22-32)43-16-9-17-44(54-43)36-25-27-38-39-28-26-37(30-42(39)49-48(41(38)29-36)40-15-7-8-20-47(40)59-49)45-18-10-19-46(55-45)52-57-50(34-11-3-1-4-12-34)56-51(58-52)35-13-5-2-6-14-35/h1-30H. The van der Waals surface area contributed by atoms with E-state index in [0.29, 0.717) is 28.7 Å². The molecule has 0 aliphatic heterocycles. The highest BCUT2D eigenvalue weighted by Gasteiger charge is 2.19. The van der Waals surface area contributed by atoms with Gasteiger partial charge in [-0.2, -0.15) is 5.26 Å². The Labute approximate surface area is 338 Å². The van der Waals surface area contributed by atoms with Crippen molar-refractivity contribution in [2.24, 2.45) is 0 Å². The van der Waals surface area contributed by atoms with Crippen molar-refractivity contribution in [1.29, 1.82) is 5.26 Å². The van der Waals surface area contributed by atoms with Crippen LogP contribution in [0.4, 0.5) is 0 Å². The maximum absolute atomic E-state index is 9.28. The summed E-state index contributed by atoms with van der Waals surface area (Å²) in [6, 6.07) is 62.9. The molecule has 0 saturated carbocycles. The molecule has 0 unspecified atom stereocenters. The molecule has 0 atom stereocenters. The lowest BCUT2D eigenvalue weighted by atomic mass is 9.93. The molecule has 4 aromatic heterocycles. The fourth-order valence-corrected chi connectivity index (χ4v) is 7.89. The van der Waals surface area contributed by atoms with Gasteiger partial charge in [0.05, 0.1) is 28.7 Å². The molecule has 0 radical (unpaired) electrons. The molecule has 0 saturated heterocycles. The zero-order valence-electron chi connectivity index (χ0n) is 31.4. The number of nitrogens with zero attached hydrogens (tertiary/aromatic N) is 6. The van der Waals surface area contributed by atoms with Crippen molar-refractivity contribution in [3.05, 3.63) is 188 Å². The monoisotopic (exact) mass is 754 g/mol. The van der Waals surface area contributed by atoms with Crippen LogP contribution in [0.25, 0.3) is 112 Å². The second-order valence-corrected chi connectivity index (χ2v) is 14.4. The number of furan rings is 1. The smallest absolute Gasteiger partial charge is 0.182 e. The minimum atomic E-state index is 0.499. The molecule has 0 amide bonds. The number of rotatable bonds is 6. The largest absolute Gasteiger partial charge is 0.455 e. The van der Waals surface area contributed by atoms with Crippen LogP contribution in [0.2, 0.25) is 0 Å². The third-order valence-corrected chi connectivity index (χ3v) is 10.8. The molecule has 11 aromatic rings. The highest BCUT2D eigenvalue weighted by Crippen LogP contribution is 2.43. The van der Waals surface area contributed by atoms with Gasteiger partial charge < -0.3 is 4.42 Å². The Kier molecular flexibility index (Phi) is 8.05. The van der Waals surface area contributed by atoms with Gasteiger partial charge in [-0.25, -0.2) is 24.9 Å². The Morgan fingerprint density at radius 1 is 0.356 bits per heavy atom. The van der Waals surface area contributed by atoms with Gasteiger partial charge in [-0.05, 0) is 70.8 Å². The van der Waals surface area contributed by atoms with Crippen molar-refractivity contribution >= 4 is 43.5 Å². The van der Waals surface area contributed by atoms with E-state index in [-0.39, 0.29) is 0 Å². The van der Waals surface area contributed by atoms with Crippen molar-refractivity contribution in [2.75, 3.05) is 0 Å². The lowest BCUT2D eigenvalue weighted by Gasteiger charge is -2.12. The van der Waals surface area contributed by atoms with Crippen LogP contribution in [-0.4, -0.2) is 24.9 Å². The third-order valence-electron chi connectivity index (χ3n) is 10.8. The van der Waals surface area contributed by atoms with E-state index in [9.17, 15) is 5.26 Å². The molecule has 0 fully saturated rings. The molecule has 0 aliphatic carbocycles. The van der Waals surface area contributed by atoms with E-state index in [1.54, 1.807) is 0 Å². The van der Waals surface area contributed by atoms with Crippen LogP contribution >= 0.6 is 0 Å². The van der Waals surface area contributed by atoms with Crippen molar-refractivity contribution in [3.8, 4) is 74.1 Å². The second kappa shape index (κ2) is 14.0. The average Bonchev–Trinajstić information content (AvgIpc) is 3.72. The molecule has 0 spiro atoms. The summed E-state index contributed by atoms with van der Waals surface area (Å²) in [5, 5.41) is 15.7. The Balaban J connectivity index is 1.05. The van der Waals surface area contributed by atoms with E-state index < -0.39 is 0 Å². The number of pyridine rings is 2. The number of benzene rings is 7. The molecule has 7 aromatic carbocycles. The predicted octanol–water partition coefficient (Wildman–Crippen LogP) is 12.7. The summed E-state index contributed by atoms with van der Waals surface area (Å²) in [5.74, 6) is 1.67. The maximum Gasteiger partial charge on any atom is 0.182 e. The van der Waals surface area contributed by atoms with Gasteiger partial charge >= 0.3 is 0 Å². The average molecular weight is 755 g/mol. The number of fused-ring (bicyclic) bond motifs is 8. The Hall–Kier alpha value is -8.34. The first-order valence-electron chi connectivity index (χ1n) is 19.3. The predicted molar refractivity (Wildman–Crippen MR) is 235 cm³/mol. The molecule has 4 heterocycles. The van der Waals surface area contributed by atoms with Crippen LogP contribution in [-0.2, 0) is 0 Å². The van der Waals surface area contributed by atoms with Gasteiger partial charge in [0.2, 0.25) is 0 Å². The van der Waals surface area contributed by atoms with Crippen molar-refractivity contribution < 1.29 is 4.42 Å². The maximum atomic E-state index is 9.28. The van der Waals surface area contributed by atoms with E-state index in [4.69, 9.17) is 29.3 Å².